The Morgan fingerprint density at radius 2 is 2.03 bits per heavy atom. The minimum Gasteiger partial charge on any atom is -0.484 e. The van der Waals surface area contributed by atoms with Crippen molar-refractivity contribution in [2.45, 2.75) is 18.8 Å². The van der Waals surface area contributed by atoms with Gasteiger partial charge in [0.1, 0.15) is 11.6 Å². The summed E-state index contributed by atoms with van der Waals surface area (Å²) in [5, 5.41) is 0.648. The van der Waals surface area contributed by atoms with Crippen molar-refractivity contribution in [1.29, 1.82) is 0 Å². The maximum Gasteiger partial charge on any atom is 0.260 e. The summed E-state index contributed by atoms with van der Waals surface area (Å²) in [5.74, 6) is 0.148. The van der Waals surface area contributed by atoms with E-state index in [0.29, 0.717) is 23.9 Å². The van der Waals surface area contributed by atoms with Gasteiger partial charge in [-0.05, 0) is 49.2 Å². The number of carbonyl (C=O) groups is 1. The summed E-state index contributed by atoms with van der Waals surface area (Å²) in [6.07, 6.45) is 5.31. The van der Waals surface area contributed by atoms with Crippen LogP contribution in [0.2, 0.25) is 5.02 Å². The fourth-order valence-electron chi connectivity index (χ4n) is 3.58. The molecule has 1 fully saturated rings. The number of halogens is 2. The molecule has 0 spiro atoms. The summed E-state index contributed by atoms with van der Waals surface area (Å²) in [5.41, 5.74) is 2.54. The van der Waals surface area contributed by atoms with Gasteiger partial charge in [0.25, 0.3) is 5.91 Å². The molecule has 2 aromatic carbocycles. The maximum atomic E-state index is 13.0. The Bertz CT molecular complexity index is 1030. The van der Waals surface area contributed by atoms with Gasteiger partial charge in [-0.15, -0.1) is 0 Å². The number of aromatic nitrogens is 2. The Kier molecular flexibility index (Phi) is 6.23. The van der Waals surface area contributed by atoms with Gasteiger partial charge in [-0.2, -0.15) is 0 Å². The van der Waals surface area contributed by atoms with Crippen LogP contribution in [0.25, 0.3) is 11.3 Å². The molecule has 0 unspecified atom stereocenters. The van der Waals surface area contributed by atoms with E-state index < -0.39 is 0 Å². The van der Waals surface area contributed by atoms with E-state index in [2.05, 4.69) is 4.98 Å². The Balaban J connectivity index is 1.41. The second kappa shape index (κ2) is 9.22. The molecule has 1 aliphatic rings. The van der Waals surface area contributed by atoms with Crippen molar-refractivity contribution in [1.82, 2.24) is 14.9 Å². The number of likely N-dealkylation sites (tertiary alicyclic amines) is 1. The molecular formula is C23H21ClFN3O2. The monoisotopic (exact) mass is 425 g/mol. The second-order valence-electron chi connectivity index (χ2n) is 7.26. The normalized spacial score (nSPS) is 16.3. The highest BCUT2D eigenvalue weighted by Crippen LogP contribution is 2.28. The first-order chi connectivity index (χ1) is 14.6. The summed E-state index contributed by atoms with van der Waals surface area (Å²) in [4.78, 5) is 23.5. The molecule has 0 radical (unpaired) electrons. The Labute approximate surface area is 179 Å². The minimum absolute atomic E-state index is 0.0768. The number of ether oxygens (including phenoxy) is 1. The van der Waals surface area contributed by atoms with E-state index in [1.807, 2.05) is 24.3 Å². The molecule has 4 rings (SSSR count). The number of piperidine rings is 1. The average molecular weight is 426 g/mol. The molecule has 7 heteroatoms. The zero-order valence-corrected chi connectivity index (χ0v) is 17.1. The van der Waals surface area contributed by atoms with Crippen molar-refractivity contribution >= 4 is 17.5 Å². The van der Waals surface area contributed by atoms with Crippen LogP contribution in [-0.4, -0.2) is 40.5 Å². The SMILES string of the molecule is O=C(COc1ccc(F)cc1)N1CCC[C@@H](c2cncc(-c3cccc(Cl)c3)n2)C1. The molecule has 1 aliphatic heterocycles. The molecule has 30 heavy (non-hydrogen) atoms. The first-order valence-electron chi connectivity index (χ1n) is 9.82. The standard InChI is InChI=1S/C23H21ClFN3O2/c24-18-5-1-3-16(11-18)21-12-26-13-22(27-21)17-4-2-10-28(14-17)23(29)15-30-20-8-6-19(25)7-9-20/h1,3,5-9,11-13,17H,2,4,10,14-15H2/t17-/m1/s1. The van der Waals surface area contributed by atoms with Crippen molar-refractivity contribution in [3.63, 3.8) is 0 Å². The number of benzene rings is 2. The van der Waals surface area contributed by atoms with Crippen molar-refractivity contribution < 1.29 is 13.9 Å². The van der Waals surface area contributed by atoms with E-state index in [4.69, 9.17) is 21.3 Å². The Morgan fingerprint density at radius 1 is 1.20 bits per heavy atom. The number of carbonyl (C=O) groups excluding carboxylic acids is 1. The number of hydrogen-bond acceptors (Lipinski definition) is 4. The van der Waals surface area contributed by atoms with Crippen LogP contribution < -0.4 is 4.74 Å². The highest BCUT2D eigenvalue weighted by molar-refractivity contribution is 6.30. The summed E-state index contributed by atoms with van der Waals surface area (Å²) >= 11 is 6.10. The molecule has 2 heterocycles. The van der Waals surface area contributed by atoms with Gasteiger partial charge in [0.15, 0.2) is 6.61 Å². The lowest BCUT2D eigenvalue weighted by Crippen LogP contribution is -2.41. The first kappa shape index (κ1) is 20.3. The summed E-state index contributed by atoms with van der Waals surface area (Å²) in [6, 6.07) is 13.2. The van der Waals surface area contributed by atoms with Crippen LogP contribution in [0.1, 0.15) is 24.5 Å². The van der Waals surface area contributed by atoms with E-state index in [9.17, 15) is 9.18 Å². The maximum absolute atomic E-state index is 13.0. The second-order valence-corrected chi connectivity index (χ2v) is 7.70. The van der Waals surface area contributed by atoms with Crippen LogP contribution in [0.4, 0.5) is 4.39 Å². The van der Waals surface area contributed by atoms with E-state index >= 15 is 0 Å². The van der Waals surface area contributed by atoms with E-state index in [1.54, 1.807) is 17.3 Å². The minimum atomic E-state index is -0.339. The van der Waals surface area contributed by atoms with Gasteiger partial charge in [0.05, 0.1) is 17.6 Å². The molecule has 1 atom stereocenters. The molecule has 154 valence electrons. The lowest BCUT2D eigenvalue weighted by Gasteiger charge is -2.32. The topological polar surface area (TPSA) is 55.3 Å². The molecule has 5 nitrogen and oxygen atoms in total. The molecule has 0 bridgehead atoms. The molecule has 1 saturated heterocycles. The molecule has 0 aliphatic carbocycles. The molecule has 3 aromatic rings. The lowest BCUT2D eigenvalue weighted by molar-refractivity contribution is -0.134. The summed E-state index contributed by atoms with van der Waals surface area (Å²) < 4.78 is 18.5. The van der Waals surface area contributed by atoms with Gasteiger partial charge >= 0.3 is 0 Å². The van der Waals surface area contributed by atoms with Crippen LogP contribution in [0.15, 0.2) is 60.9 Å². The number of amides is 1. The molecular weight excluding hydrogens is 405 g/mol. The van der Waals surface area contributed by atoms with E-state index in [0.717, 1.165) is 29.8 Å². The predicted molar refractivity (Wildman–Crippen MR) is 113 cm³/mol. The van der Waals surface area contributed by atoms with Gasteiger partial charge in [0, 0.05) is 35.8 Å². The van der Waals surface area contributed by atoms with Crippen LogP contribution in [0, 0.1) is 5.82 Å². The van der Waals surface area contributed by atoms with Crippen molar-refractivity contribution in [3.8, 4) is 17.0 Å². The van der Waals surface area contributed by atoms with E-state index in [1.165, 1.54) is 24.3 Å². The first-order valence-corrected chi connectivity index (χ1v) is 10.2. The van der Waals surface area contributed by atoms with Crippen LogP contribution in [-0.2, 0) is 4.79 Å². The van der Waals surface area contributed by atoms with Gasteiger partial charge in [-0.25, -0.2) is 9.37 Å². The van der Waals surface area contributed by atoms with Crippen LogP contribution >= 0.6 is 11.6 Å². The third-order valence-corrected chi connectivity index (χ3v) is 5.38. The van der Waals surface area contributed by atoms with Gasteiger partial charge < -0.3 is 9.64 Å². The largest absolute Gasteiger partial charge is 0.484 e. The highest BCUT2D eigenvalue weighted by Gasteiger charge is 2.26. The highest BCUT2D eigenvalue weighted by atomic mass is 35.5. The van der Waals surface area contributed by atoms with Gasteiger partial charge in [0.2, 0.25) is 0 Å². The third kappa shape index (κ3) is 4.94. The quantitative estimate of drug-likeness (QED) is 0.593. The van der Waals surface area contributed by atoms with Crippen LogP contribution in [0.5, 0.6) is 5.75 Å². The van der Waals surface area contributed by atoms with Gasteiger partial charge in [-0.1, -0.05) is 23.7 Å². The number of rotatable bonds is 5. The smallest absolute Gasteiger partial charge is 0.260 e. The number of nitrogens with zero attached hydrogens (tertiary/aromatic N) is 3. The number of hydrogen-bond donors (Lipinski definition) is 0. The predicted octanol–water partition coefficient (Wildman–Crippen LogP) is 4.72. The van der Waals surface area contributed by atoms with Gasteiger partial charge in [-0.3, -0.25) is 9.78 Å². The van der Waals surface area contributed by atoms with E-state index in [-0.39, 0.29) is 24.2 Å². The third-order valence-electron chi connectivity index (χ3n) is 5.14. The molecule has 0 saturated carbocycles. The zero-order valence-electron chi connectivity index (χ0n) is 16.3. The molecule has 0 N–H and O–H groups in total. The lowest BCUT2D eigenvalue weighted by atomic mass is 9.94. The fraction of sp³-hybridized carbons (Fsp3) is 0.261. The molecule has 1 aromatic heterocycles. The van der Waals surface area contributed by atoms with Crippen molar-refractivity contribution in [2.24, 2.45) is 0 Å². The molecule has 1 amide bonds. The summed E-state index contributed by atoms with van der Waals surface area (Å²) in [7, 11) is 0. The Morgan fingerprint density at radius 3 is 2.83 bits per heavy atom. The average Bonchev–Trinajstić information content (AvgIpc) is 2.79. The fourth-order valence-corrected chi connectivity index (χ4v) is 3.77. The summed E-state index contributed by atoms with van der Waals surface area (Å²) in [6.45, 7) is 1.18. The zero-order chi connectivity index (χ0) is 20.9. The Hall–Kier alpha value is -2.99. The van der Waals surface area contributed by atoms with Crippen LogP contribution in [0.3, 0.4) is 0 Å². The van der Waals surface area contributed by atoms with Crippen molar-refractivity contribution in [3.05, 3.63) is 77.5 Å². The van der Waals surface area contributed by atoms with Crippen molar-refractivity contribution in [2.75, 3.05) is 19.7 Å².